The summed E-state index contributed by atoms with van der Waals surface area (Å²) >= 11 is 3.52. The highest BCUT2D eigenvalue weighted by Crippen LogP contribution is 2.20. The van der Waals surface area contributed by atoms with Crippen LogP contribution in [-0.4, -0.2) is 43.7 Å². The van der Waals surface area contributed by atoms with Crippen molar-refractivity contribution in [3.63, 3.8) is 0 Å². The minimum atomic E-state index is -0.312. The van der Waals surface area contributed by atoms with Gasteiger partial charge in [0.15, 0.2) is 5.69 Å². The number of hydrogen-bond acceptors (Lipinski definition) is 3. The third kappa shape index (κ3) is 2.70. The van der Waals surface area contributed by atoms with E-state index >= 15 is 0 Å². The van der Waals surface area contributed by atoms with Gasteiger partial charge in [-0.1, -0.05) is 21.1 Å². The quantitative estimate of drug-likeness (QED) is 0.779. The zero-order valence-corrected chi connectivity index (χ0v) is 13.0. The van der Waals surface area contributed by atoms with Crippen LogP contribution in [0, 0.1) is 12.7 Å². The lowest BCUT2D eigenvalue weighted by Crippen LogP contribution is -2.29. The van der Waals surface area contributed by atoms with E-state index in [9.17, 15) is 9.18 Å². The third-order valence-corrected chi connectivity index (χ3v) is 4.33. The average molecular weight is 353 g/mol. The fourth-order valence-corrected chi connectivity index (χ4v) is 2.96. The minimum Gasteiger partial charge on any atom is -0.336 e. The van der Waals surface area contributed by atoms with Gasteiger partial charge in [0.2, 0.25) is 0 Å². The highest BCUT2D eigenvalue weighted by atomic mass is 79.9. The first-order valence-electron chi connectivity index (χ1n) is 6.68. The highest BCUT2D eigenvalue weighted by Gasteiger charge is 2.28. The largest absolute Gasteiger partial charge is 0.336 e. The fraction of sp³-hybridized carbons (Fsp3) is 0.357. The molecular formula is C14H14BrFN4O. The molecule has 2 aromatic rings. The summed E-state index contributed by atoms with van der Waals surface area (Å²) in [6.07, 6.45) is 0.941. The number of aromatic nitrogens is 3. The van der Waals surface area contributed by atoms with Crippen LogP contribution in [0.4, 0.5) is 4.39 Å². The summed E-state index contributed by atoms with van der Waals surface area (Å²) in [6.45, 7) is 3.19. The average Bonchev–Trinajstić information content (AvgIpc) is 3.06. The van der Waals surface area contributed by atoms with Gasteiger partial charge in [0.05, 0.1) is 11.4 Å². The maximum Gasteiger partial charge on any atom is 0.276 e. The Hall–Kier alpha value is -1.76. The summed E-state index contributed by atoms with van der Waals surface area (Å²) in [7, 11) is 0. The van der Waals surface area contributed by atoms with Gasteiger partial charge < -0.3 is 4.90 Å². The normalized spacial score (nSPS) is 18.2. The van der Waals surface area contributed by atoms with Gasteiger partial charge in [0, 0.05) is 17.9 Å². The molecular weight excluding hydrogens is 339 g/mol. The smallest absolute Gasteiger partial charge is 0.276 e. The van der Waals surface area contributed by atoms with Crippen LogP contribution in [-0.2, 0) is 0 Å². The molecule has 1 aliphatic rings. The topological polar surface area (TPSA) is 51.0 Å². The molecule has 21 heavy (non-hydrogen) atoms. The Balaban J connectivity index is 1.88. The van der Waals surface area contributed by atoms with Crippen molar-refractivity contribution in [2.75, 3.05) is 13.1 Å². The van der Waals surface area contributed by atoms with E-state index in [-0.39, 0.29) is 11.7 Å². The number of likely N-dealkylation sites (tertiary alicyclic amines) is 1. The molecule has 1 fully saturated rings. The molecule has 1 amide bonds. The molecule has 2 heterocycles. The van der Waals surface area contributed by atoms with Crippen molar-refractivity contribution in [3.8, 4) is 5.69 Å². The van der Waals surface area contributed by atoms with Crippen LogP contribution in [0.25, 0.3) is 5.69 Å². The van der Waals surface area contributed by atoms with E-state index in [1.54, 1.807) is 28.6 Å². The van der Waals surface area contributed by atoms with E-state index in [1.807, 2.05) is 0 Å². The molecule has 0 spiro atoms. The number of halogens is 2. The van der Waals surface area contributed by atoms with Gasteiger partial charge >= 0.3 is 0 Å². The number of amides is 1. The molecule has 5 nitrogen and oxygen atoms in total. The van der Waals surface area contributed by atoms with Gasteiger partial charge in [0.25, 0.3) is 5.91 Å². The van der Waals surface area contributed by atoms with Crippen molar-refractivity contribution in [2.45, 2.75) is 18.2 Å². The second-order valence-corrected chi connectivity index (χ2v) is 6.34. The van der Waals surface area contributed by atoms with Crippen molar-refractivity contribution in [3.05, 3.63) is 41.5 Å². The standard InChI is InChI=1S/C14H14BrFN4O/c1-9-13(14(21)19-7-6-10(15)8-19)17-18-20(9)12-4-2-11(16)3-5-12/h2-5,10H,6-8H2,1H3. The highest BCUT2D eigenvalue weighted by molar-refractivity contribution is 9.09. The second-order valence-electron chi connectivity index (χ2n) is 5.05. The molecule has 3 rings (SSSR count). The van der Waals surface area contributed by atoms with Gasteiger partial charge in [-0.25, -0.2) is 9.07 Å². The Morgan fingerprint density at radius 1 is 1.38 bits per heavy atom. The minimum absolute atomic E-state index is 0.109. The lowest BCUT2D eigenvalue weighted by molar-refractivity contribution is 0.0787. The predicted molar refractivity (Wildman–Crippen MR) is 79.3 cm³/mol. The molecule has 0 bridgehead atoms. The lowest BCUT2D eigenvalue weighted by atomic mass is 10.2. The summed E-state index contributed by atoms with van der Waals surface area (Å²) in [4.78, 5) is 14.6. The summed E-state index contributed by atoms with van der Waals surface area (Å²) < 4.78 is 14.5. The van der Waals surface area contributed by atoms with Gasteiger partial charge in [-0.2, -0.15) is 0 Å². The van der Waals surface area contributed by atoms with E-state index in [0.29, 0.717) is 28.4 Å². The number of carbonyl (C=O) groups excluding carboxylic acids is 1. The molecule has 1 unspecified atom stereocenters. The summed E-state index contributed by atoms with van der Waals surface area (Å²) in [5, 5.41) is 8.01. The first kappa shape index (κ1) is 14.2. The first-order chi connectivity index (χ1) is 10.1. The fourth-order valence-electron chi connectivity index (χ4n) is 2.41. The number of benzene rings is 1. The van der Waals surface area contributed by atoms with Gasteiger partial charge in [-0.15, -0.1) is 5.10 Å². The molecule has 1 saturated heterocycles. The Labute approximate surface area is 129 Å². The van der Waals surface area contributed by atoms with Crippen LogP contribution in [0.15, 0.2) is 24.3 Å². The molecule has 1 aliphatic heterocycles. The zero-order valence-electron chi connectivity index (χ0n) is 11.5. The summed E-state index contributed by atoms with van der Waals surface area (Å²) in [5.74, 6) is -0.420. The molecule has 1 atom stereocenters. The Kier molecular flexibility index (Phi) is 3.75. The maximum absolute atomic E-state index is 13.0. The van der Waals surface area contributed by atoms with Crippen LogP contribution >= 0.6 is 15.9 Å². The van der Waals surface area contributed by atoms with Crippen LogP contribution < -0.4 is 0 Å². The Bertz CT molecular complexity index is 670. The Morgan fingerprint density at radius 2 is 2.10 bits per heavy atom. The van der Waals surface area contributed by atoms with Crippen LogP contribution in [0.5, 0.6) is 0 Å². The van der Waals surface area contributed by atoms with E-state index in [0.717, 1.165) is 13.0 Å². The van der Waals surface area contributed by atoms with Gasteiger partial charge in [0.1, 0.15) is 5.82 Å². The maximum atomic E-state index is 13.0. The third-order valence-electron chi connectivity index (χ3n) is 3.59. The number of carbonyl (C=O) groups is 1. The van der Waals surface area contributed by atoms with Crippen molar-refractivity contribution in [1.82, 2.24) is 19.9 Å². The van der Waals surface area contributed by atoms with E-state index in [2.05, 4.69) is 26.2 Å². The summed E-state index contributed by atoms with van der Waals surface area (Å²) in [6, 6.07) is 5.92. The van der Waals surface area contributed by atoms with Crippen molar-refractivity contribution >= 4 is 21.8 Å². The lowest BCUT2D eigenvalue weighted by Gasteiger charge is -2.14. The van der Waals surface area contributed by atoms with Crippen molar-refractivity contribution in [2.24, 2.45) is 0 Å². The van der Waals surface area contributed by atoms with Crippen LogP contribution in [0.2, 0.25) is 0 Å². The first-order valence-corrected chi connectivity index (χ1v) is 7.59. The molecule has 7 heteroatoms. The second kappa shape index (κ2) is 5.55. The van der Waals surface area contributed by atoms with E-state index in [1.165, 1.54) is 12.1 Å². The zero-order chi connectivity index (χ0) is 15.0. The van der Waals surface area contributed by atoms with E-state index in [4.69, 9.17) is 0 Å². The molecule has 1 aromatic heterocycles. The Morgan fingerprint density at radius 3 is 2.71 bits per heavy atom. The molecule has 110 valence electrons. The predicted octanol–water partition coefficient (Wildman–Crippen LogP) is 2.32. The molecule has 1 aromatic carbocycles. The number of nitrogens with zero attached hydrogens (tertiary/aromatic N) is 4. The molecule has 0 N–H and O–H groups in total. The van der Waals surface area contributed by atoms with Crippen molar-refractivity contribution < 1.29 is 9.18 Å². The van der Waals surface area contributed by atoms with Crippen molar-refractivity contribution in [1.29, 1.82) is 0 Å². The number of hydrogen-bond donors (Lipinski definition) is 0. The van der Waals surface area contributed by atoms with Gasteiger partial charge in [-0.3, -0.25) is 4.79 Å². The van der Waals surface area contributed by atoms with E-state index < -0.39 is 0 Å². The molecule has 0 saturated carbocycles. The monoisotopic (exact) mass is 352 g/mol. The molecule has 0 radical (unpaired) electrons. The SMILES string of the molecule is Cc1c(C(=O)N2CCC(Br)C2)nnn1-c1ccc(F)cc1. The van der Waals surface area contributed by atoms with Crippen LogP contribution in [0.1, 0.15) is 22.6 Å². The molecule has 0 aliphatic carbocycles. The number of rotatable bonds is 2. The van der Waals surface area contributed by atoms with Crippen LogP contribution in [0.3, 0.4) is 0 Å². The van der Waals surface area contributed by atoms with Gasteiger partial charge in [-0.05, 0) is 37.6 Å². The number of alkyl halides is 1. The summed E-state index contributed by atoms with van der Waals surface area (Å²) in [5.41, 5.74) is 1.69.